The van der Waals surface area contributed by atoms with Gasteiger partial charge in [0, 0.05) is 17.5 Å². The molecule has 0 amide bonds. The van der Waals surface area contributed by atoms with E-state index in [2.05, 4.69) is 29.8 Å². The monoisotopic (exact) mass is 388 g/mol. The third-order valence-corrected chi connectivity index (χ3v) is 5.38. The molecule has 0 fully saturated rings. The molecule has 3 aromatic rings. The number of hydrogen-bond acceptors (Lipinski definition) is 5. The average molecular weight is 389 g/mol. The standard InChI is InChI=1S/C20H21ClN2O2S/c1-13(20-23-17(12-26-20)15-7-5-4-6-8-15)22-11-14-9-16(21)19(25-3)18(10-14)24-2/h4-10,12-13,22H,11H2,1-3H3. The number of nitrogens with zero attached hydrogens (tertiary/aromatic N) is 1. The molecule has 1 aromatic heterocycles. The van der Waals surface area contributed by atoms with E-state index < -0.39 is 0 Å². The Labute approximate surface area is 162 Å². The predicted molar refractivity (Wildman–Crippen MR) is 107 cm³/mol. The van der Waals surface area contributed by atoms with Crippen LogP contribution in [-0.4, -0.2) is 19.2 Å². The lowest BCUT2D eigenvalue weighted by atomic mass is 10.2. The maximum Gasteiger partial charge on any atom is 0.179 e. The second-order valence-corrected chi connectivity index (χ2v) is 7.15. The fraction of sp³-hybridized carbons (Fsp3) is 0.250. The number of halogens is 1. The fourth-order valence-electron chi connectivity index (χ4n) is 2.66. The lowest BCUT2D eigenvalue weighted by molar-refractivity contribution is 0.354. The van der Waals surface area contributed by atoms with E-state index in [4.69, 9.17) is 26.1 Å². The highest BCUT2D eigenvalue weighted by molar-refractivity contribution is 7.10. The Morgan fingerprint density at radius 2 is 1.92 bits per heavy atom. The first-order chi connectivity index (χ1) is 12.6. The maximum absolute atomic E-state index is 6.27. The van der Waals surface area contributed by atoms with Crippen molar-refractivity contribution in [2.75, 3.05) is 14.2 Å². The minimum atomic E-state index is 0.129. The molecule has 0 aliphatic rings. The van der Waals surface area contributed by atoms with Crippen LogP contribution >= 0.6 is 22.9 Å². The summed E-state index contributed by atoms with van der Waals surface area (Å²) in [7, 11) is 3.19. The van der Waals surface area contributed by atoms with Crippen molar-refractivity contribution in [3.8, 4) is 22.8 Å². The van der Waals surface area contributed by atoms with Crippen LogP contribution in [0.4, 0.5) is 0 Å². The highest BCUT2D eigenvalue weighted by Crippen LogP contribution is 2.36. The summed E-state index contributed by atoms with van der Waals surface area (Å²) in [5, 5.41) is 7.17. The SMILES string of the molecule is COc1cc(CNC(C)c2nc(-c3ccccc3)cs2)cc(Cl)c1OC. The van der Waals surface area contributed by atoms with E-state index in [1.165, 1.54) is 0 Å². The van der Waals surface area contributed by atoms with E-state index in [1.54, 1.807) is 25.6 Å². The van der Waals surface area contributed by atoms with E-state index >= 15 is 0 Å². The van der Waals surface area contributed by atoms with Crippen molar-refractivity contribution >= 4 is 22.9 Å². The van der Waals surface area contributed by atoms with Crippen molar-refractivity contribution in [1.29, 1.82) is 0 Å². The van der Waals surface area contributed by atoms with E-state index in [0.717, 1.165) is 21.8 Å². The first-order valence-electron chi connectivity index (χ1n) is 8.27. The van der Waals surface area contributed by atoms with E-state index in [1.807, 2.05) is 30.3 Å². The van der Waals surface area contributed by atoms with Crippen LogP contribution in [0, 0.1) is 0 Å². The molecule has 0 aliphatic carbocycles. The van der Waals surface area contributed by atoms with Gasteiger partial charge in [-0.05, 0) is 24.6 Å². The van der Waals surface area contributed by atoms with Crippen molar-refractivity contribution in [2.24, 2.45) is 0 Å². The third-order valence-electron chi connectivity index (χ3n) is 4.07. The maximum atomic E-state index is 6.27. The van der Waals surface area contributed by atoms with E-state index in [9.17, 15) is 0 Å². The van der Waals surface area contributed by atoms with Crippen LogP contribution in [0.1, 0.15) is 23.5 Å². The first kappa shape index (κ1) is 18.7. The van der Waals surface area contributed by atoms with Gasteiger partial charge in [0.1, 0.15) is 5.01 Å². The van der Waals surface area contributed by atoms with Crippen molar-refractivity contribution in [3.05, 3.63) is 63.4 Å². The molecule has 0 spiro atoms. The molecule has 1 N–H and O–H groups in total. The molecule has 1 unspecified atom stereocenters. The Balaban J connectivity index is 1.69. The van der Waals surface area contributed by atoms with Gasteiger partial charge >= 0.3 is 0 Å². The molecule has 0 saturated carbocycles. The Bertz CT molecular complexity index is 868. The molecular formula is C20H21ClN2O2S. The van der Waals surface area contributed by atoms with Crippen LogP contribution in [0.2, 0.25) is 5.02 Å². The first-order valence-corrected chi connectivity index (χ1v) is 9.52. The number of rotatable bonds is 7. The van der Waals surface area contributed by atoms with Gasteiger partial charge in [-0.25, -0.2) is 4.98 Å². The van der Waals surface area contributed by atoms with Crippen molar-refractivity contribution in [3.63, 3.8) is 0 Å². The third kappa shape index (κ3) is 4.18. The highest BCUT2D eigenvalue weighted by atomic mass is 35.5. The number of ether oxygens (including phenoxy) is 2. The summed E-state index contributed by atoms with van der Waals surface area (Å²) in [6.07, 6.45) is 0. The summed E-state index contributed by atoms with van der Waals surface area (Å²) < 4.78 is 10.6. The number of aromatic nitrogens is 1. The van der Waals surface area contributed by atoms with Crippen molar-refractivity contribution in [2.45, 2.75) is 19.5 Å². The quantitative estimate of drug-likeness (QED) is 0.594. The van der Waals surface area contributed by atoms with Gasteiger partial charge < -0.3 is 14.8 Å². The Morgan fingerprint density at radius 1 is 1.15 bits per heavy atom. The summed E-state index contributed by atoms with van der Waals surface area (Å²) in [5.74, 6) is 1.18. The van der Waals surface area contributed by atoms with Gasteiger partial charge in [-0.1, -0.05) is 41.9 Å². The van der Waals surface area contributed by atoms with Crippen molar-refractivity contribution < 1.29 is 9.47 Å². The molecule has 0 saturated heterocycles. The lowest BCUT2D eigenvalue weighted by Gasteiger charge is -2.14. The van der Waals surface area contributed by atoms with E-state index in [-0.39, 0.29) is 6.04 Å². The number of nitrogens with one attached hydrogen (secondary N) is 1. The van der Waals surface area contributed by atoms with E-state index in [0.29, 0.717) is 23.1 Å². The number of thiazole rings is 1. The van der Waals surface area contributed by atoms with Gasteiger partial charge in [0.05, 0.1) is 31.0 Å². The molecule has 0 aliphatic heterocycles. The number of hydrogen-bond donors (Lipinski definition) is 1. The van der Waals surface area contributed by atoms with Crippen LogP contribution in [0.25, 0.3) is 11.3 Å². The molecule has 3 rings (SSSR count). The van der Waals surface area contributed by atoms with Crippen LogP contribution in [0.3, 0.4) is 0 Å². The minimum absolute atomic E-state index is 0.129. The second-order valence-electron chi connectivity index (χ2n) is 5.85. The van der Waals surface area contributed by atoms with Gasteiger partial charge in [0.15, 0.2) is 11.5 Å². The van der Waals surface area contributed by atoms with Gasteiger partial charge in [0.2, 0.25) is 0 Å². The van der Waals surface area contributed by atoms with Gasteiger partial charge in [-0.2, -0.15) is 0 Å². The number of methoxy groups -OCH3 is 2. The van der Waals surface area contributed by atoms with Gasteiger partial charge in [-0.15, -0.1) is 11.3 Å². The zero-order valence-corrected chi connectivity index (χ0v) is 16.5. The molecule has 6 heteroatoms. The molecule has 4 nitrogen and oxygen atoms in total. The average Bonchev–Trinajstić information content (AvgIpc) is 3.16. The molecular weight excluding hydrogens is 368 g/mol. The summed E-state index contributed by atoms with van der Waals surface area (Å²) in [5.41, 5.74) is 3.17. The Morgan fingerprint density at radius 3 is 2.62 bits per heavy atom. The van der Waals surface area contributed by atoms with Crippen LogP contribution in [0.15, 0.2) is 47.8 Å². The Kier molecular flexibility index (Phi) is 6.14. The highest BCUT2D eigenvalue weighted by Gasteiger charge is 2.14. The van der Waals surface area contributed by atoms with Gasteiger partial charge in [0.25, 0.3) is 0 Å². The zero-order chi connectivity index (χ0) is 18.5. The topological polar surface area (TPSA) is 43.4 Å². The normalized spacial score (nSPS) is 12.0. The minimum Gasteiger partial charge on any atom is -0.493 e. The fourth-order valence-corrected chi connectivity index (χ4v) is 3.83. The zero-order valence-electron chi connectivity index (χ0n) is 15.0. The summed E-state index contributed by atoms with van der Waals surface area (Å²) in [4.78, 5) is 4.76. The smallest absolute Gasteiger partial charge is 0.179 e. The van der Waals surface area contributed by atoms with Crippen molar-refractivity contribution in [1.82, 2.24) is 10.3 Å². The van der Waals surface area contributed by atoms with Gasteiger partial charge in [-0.3, -0.25) is 0 Å². The molecule has 136 valence electrons. The summed E-state index contributed by atoms with van der Waals surface area (Å²) >= 11 is 7.93. The second kappa shape index (κ2) is 8.54. The summed E-state index contributed by atoms with van der Waals surface area (Å²) in [6.45, 7) is 2.76. The molecule has 1 atom stereocenters. The Hall–Kier alpha value is -2.08. The molecule has 2 aromatic carbocycles. The van der Waals surface area contributed by atoms with Crippen LogP contribution in [-0.2, 0) is 6.54 Å². The molecule has 0 radical (unpaired) electrons. The lowest BCUT2D eigenvalue weighted by Crippen LogP contribution is -2.18. The molecule has 0 bridgehead atoms. The largest absolute Gasteiger partial charge is 0.493 e. The summed E-state index contributed by atoms with van der Waals surface area (Å²) in [6, 6.07) is 14.2. The predicted octanol–water partition coefficient (Wildman–Crippen LogP) is 5.33. The van der Waals surface area contributed by atoms with Crippen LogP contribution < -0.4 is 14.8 Å². The molecule has 1 heterocycles. The van der Waals surface area contributed by atoms with Crippen LogP contribution in [0.5, 0.6) is 11.5 Å². The number of benzene rings is 2. The molecule has 26 heavy (non-hydrogen) atoms.